The molecular weight excluding hydrogens is 346 g/mol. The number of carbonyl (C=O) groups excluding carboxylic acids is 2. The summed E-state index contributed by atoms with van der Waals surface area (Å²) in [6.45, 7) is 10.5. The number of hydrogen-bond acceptors (Lipinski definition) is 6. The first-order chi connectivity index (χ1) is 13.1. The fourth-order valence-corrected chi connectivity index (χ4v) is 3.68. The largest absolute Gasteiger partial charge is 0.338 e. The molecule has 0 bridgehead atoms. The average Bonchev–Trinajstić information content (AvgIpc) is 3.22. The van der Waals surface area contributed by atoms with E-state index >= 15 is 0 Å². The maximum absolute atomic E-state index is 12.7. The molecule has 1 aromatic heterocycles. The van der Waals surface area contributed by atoms with Crippen LogP contribution in [0.25, 0.3) is 0 Å². The molecule has 2 aliphatic rings. The van der Waals surface area contributed by atoms with Crippen molar-refractivity contribution < 1.29 is 9.59 Å². The van der Waals surface area contributed by atoms with Crippen molar-refractivity contribution in [1.29, 1.82) is 0 Å². The Morgan fingerprint density at radius 3 is 2.37 bits per heavy atom. The minimum absolute atomic E-state index is 0.0916. The Hall–Kier alpha value is -2.00. The average molecular weight is 377 g/mol. The molecule has 0 aromatic carbocycles. The second-order valence-electron chi connectivity index (χ2n) is 7.20. The molecule has 1 N–H and O–H groups in total. The predicted molar refractivity (Wildman–Crippen MR) is 101 cm³/mol. The number of aromatic nitrogens is 3. The van der Waals surface area contributed by atoms with Gasteiger partial charge in [-0.15, -0.1) is 5.10 Å². The maximum atomic E-state index is 12.7. The van der Waals surface area contributed by atoms with Gasteiger partial charge in [0, 0.05) is 26.2 Å². The topological polar surface area (TPSA) is 86.6 Å². The van der Waals surface area contributed by atoms with E-state index < -0.39 is 0 Å². The van der Waals surface area contributed by atoms with Crippen molar-refractivity contribution in [3.63, 3.8) is 0 Å². The fourth-order valence-electron chi connectivity index (χ4n) is 3.68. The van der Waals surface area contributed by atoms with Gasteiger partial charge in [-0.3, -0.25) is 14.5 Å². The molecule has 150 valence electrons. The van der Waals surface area contributed by atoms with Crippen molar-refractivity contribution in [2.24, 2.45) is 0 Å². The molecule has 0 unspecified atom stereocenters. The van der Waals surface area contributed by atoms with Gasteiger partial charge in [-0.05, 0) is 39.0 Å². The van der Waals surface area contributed by atoms with E-state index in [0.29, 0.717) is 44.5 Å². The van der Waals surface area contributed by atoms with E-state index in [9.17, 15) is 9.59 Å². The Balaban J connectivity index is 1.51. The lowest BCUT2D eigenvalue weighted by Crippen LogP contribution is -2.52. The van der Waals surface area contributed by atoms with E-state index in [1.54, 1.807) is 11.1 Å². The number of piperidine rings is 1. The van der Waals surface area contributed by atoms with Crippen LogP contribution >= 0.6 is 0 Å². The maximum Gasteiger partial charge on any atom is 0.276 e. The molecule has 2 amide bonds. The van der Waals surface area contributed by atoms with Gasteiger partial charge in [-0.1, -0.05) is 19.1 Å². The molecule has 3 rings (SSSR count). The first-order valence-corrected chi connectivity index (χ1v) is 10.0. The number of nitrogens with zero attached hydrogens (tertiary/aromatic N) is 6. The number of piperazine rings is 1. The van der Waals surface area contributed by atoms with Gasteiger partial charge in [-0.25, -0.2) is 4.68 Å². The number of carbonyl (C=O) groups is 2. The minimum Gasteiger partial charge on any atom is -0.338 e. The lowest BCUT2D eigenvalue weighted by atomic mass is 10.1. The zero-order valence-corrected chi connectivity index (χ0v) is 16.4. The molecule has 0 atom stereocenters. The summed E-state index contributed by atoms with van der Waals surface area (Å²) >= 11 is 0. The summed E-state index contributed by atoms with van der Waals surface area (Å²) in [6.07, 6.45) is 3.78. The van der Waals surface area contributed by atoms with Gasteiger partial charge >= 0.3 is 0 Å². The lowest BCUT2D eigenvalue weighted by molar-refractivity contribution is -0.133. The number of nitrogens with one attached hydrogen (secondary N) is 1. The van der Waals surface area contributed by atoms with E-state index in [-0.39, 0.29) is 11.8 Å². The smallest absolute Gasteiger partial charge is 0.276 e. The van der Waals surface area contributed by atoms with Crippen molar-refractivity contribution in [3.8, 4) is 0 Å². The van der Waals surface area contributed by atoms with E-state index in [0.717, 1.165) is 39.0 Å². The summed E-state index contributed by atoms with van der Waals surface area (Å²) in [7, 11) is 0. The van der Waals surface area contributed by atoms with Crippen LogP contribution in [0.2, 0.25) is 0 Å². The monoisotopic (exact) mass is 377 g/mol. The number of rotatable bonds is 6. The fraction of sp³-hybridized carbons (Fsp3) is 0.778. The summed E-state index contributed by atoms with van der Waals surface area (Å²) in [5.74, 6) is 0.0497. The van der Waals surface area contributed by atoms with Crippen LogP contribution in [0.3, 0.4) is 0 Å². The zero-order chi connectivity index (χ0) is 19.2. The van der Waals surface area contributed by atoms with Gasteiger partial charge in [0.1, 0.15) is 0 Å². The molecule has 0 spiro atoms. The van der Waals surface area contributed by atoms with E-state index in [4.69, 9.17) is 0 Å². The predicted octanol–water partition coefficient (Wildman–Crippen LogP) is -0.171. The van der Waals surface area contributed by atoms with Gasteiger partial charge in [0.15, 0.2) is 5.69 Å². The summed E-state index contributed by atoms with van der Waals surface area (Å²) in [6, 6.07) is 0.315. The second-order valence-corrected chi connectivity index (χ2v) is 7.20. The molecule has 27 heavy (non-hydrogen) atoms. The van der Waals surface area contributed by atoms with Crippen molar-refractivity contribution in [2.75, 3.05) is 58.9 Å². The molecule has 9 heteroatoms. The third-order valence-electron chi connectivity index (χ3n) is 5.59. The van der Waals surface area contributed by atoms with E-state index in [1.165, 1.54) is 0 Å². The van der Waals surface area contributed by atoms with Crippen LogP contribution < -0.4 is 5.32 Å². The van der Waals surface area contributed by atoms with Gasteiger partial charge in [-0.2, -0.15) is 0 Å². The molecule has 1 aromatic rings. The molecule has 3 heterocycles. The SMILES string of the molecule is CCN(CC)CC(=O)N1CCN(C(=O)c2cn(C3CCNCC3)nn2)CC1. The van der Waals surface area contributed by atoms with Crippen molar-refractivity contribution in [3.05, 3.63) is 11.9 Å². The summed E-state index contributed by atoms with van der Waals surface area (Å²) in [4.78, 5) is 30.9. The Morgan fingerprint density at radius 2 is 1.74 bits per heavy atom. The van der Waals surface area contributed by atoms with Crippen LogP contribution in [-0.4, -0.2) is 100 Å². The van der Waals surface area contributed by atoms with Crippen molar-refractivity contribution >= 4 is 11.8 Å². The summed E-state index contributed by atoms with van der Waals surface area (Å²) in [5.41, 5.74) is 0.399. The lowest BCUT2D eigenvalue weighted by Gasteiger charge is -2.35. The quantitative estimate of drug-likeness (QED) is 0.741. The number of likely N-dealkylation sites (N-methyl/N-ethyl adjacent to an activating group) is 1. The van der Waals surface area contributed by atoms with Crippen molar-refractivity contribution in [2.45, 2.75) is 32.7 Å². The molecule has 0 radical (unpaired) electrons. The highest BCUT2D eigenvalue weighted by molar-refractivity contribution is 5.92. The summed E-state index contributed by atoms with van der Waals surface area (Å²) < 4.78 is 1.83. The standard InChI is InChI=1S/C18H31N7O2/c1-3-22(4-2)14-17(26)23-9-11-24(12-10-23)18(27)16-13-25(21-20-16)15-5-7-19-8-6-15/h13,15,19H,3-12,14H2,1-2H3. The molecule has 2 saturated heterocycles. The molecule has 9 nitrogen and oxygen atoms in total. The van der Waals surface area contributed by atoms with Gasteiger partial charge < -0.3 is 15.1 Å². The van der Waals surface area contributed by atoms with Gasteiger partial charge in [0.25, 0.3) is 5.91 Å². The Kier molecular flexibility index (Phi) is 6.78. The van der Waals surface area contributed by atoms with Crippen LogP contribution in [0.15, 0.2) is 6.20 Å². The molecular formula is C18H31N7O2. The van der Waals surface area contributed by atoms with E-state index in [1.807, 2.05) is 9.58 Å². The zero-order valence-electron chi connectivity index (χ0n) is 16.4. The highest BCUT2D eigenvalue weighted by Gasteiger charge is 2.27. The Labute approximate surface area is 160 Å². The Bertz CT molecular complexity index is 629. The molecule has 0 aliphatic carbocycles. The number of amides is 2. The van der Waals surface area contributed by atoms with Crippen LogP contribution in [0, 0.1) is 0 Å². The highest BCUT2D eigenvalue weighted by Crippen LogP contribution is 2.17. The summed E-state index contributed by atoms with van der Waals surface area (Å²) in [5, 5.41) is 11.6. The van der Waals surface area contributed by atoms with Crippen LogP contribution in [0.5, 0.6) is 0 Å². The first-order valence-electron chi connectivity index (χ1n) is 10.0. The van der Waals surface area contributed by atoms with Crippen LogP contribution in [0.1, 0.15) is 43.2 Å². The normalized spacial score (nSPS) is 18.9. The molecule has 2 fully saturated rings. The van der Waals surface area contributed by atoms with Crippen LogP contribution in [-0.2, 0) is 4.79 Å². The highest BCUT2D eigenvalue weighted by atomic mass is 16.2. The van der Waals surface area contributed by atoms with Gasteiger partial charge in [0.05, 0.1) is 18.8 Å². The minimum atomic E-state index is -0.0916. The van der Waals surface area contributed by atoms with Crippen molar-refractivity contribution in [1.82, 2.24) is 35.0 Å². The first kappa shape index (κ1) is 19.8. The van der Waals surface area contributed by atoms with Gasteiger partial charge in [0.2, 0.25) is 5.91 Å². The second kappa shape index (κ2) is 9.27. The Morgan fingerprint density at radius 1 is 1.11 bits per heavy atom. The van der Waals surface area contributed by atoms with E-state index in [2.05, 4.69) is 34.4 Å². The molecule has 2 aliphatic heterocycles. The third-order valence-corrected chi connectivity index (χ3v) is 5.59. The van der Waals surface area contributed by atoms with Crippen LogP contribution in [0.4, 0.5) is 0 Å². The third kappa shape index (κ3) is 4.84. The number of hydrogen-bond donors (Lipinski definition) is 1. The molecule has 0 saturated carbocycles.